The normalized spacial score (nSPS) is 18.1. The van der Waals surface area contributed by atoms with E-state index in [2.05, 4.69) is 21.8 Å². The molecule has 1 N–H and O–H groups in total. The Morgan fingerprint density at radius 3 is 2.57 bits per heavy atom. The van der Waals surface area contributed by atoms with E-state index in [1.54, 1.807) is 20.2 Å². The van der Waals surface area contributed by atoms with E-state index >= 15 is 0 Å². The van der Waals surface area contributed by atoms with Crippen molar-refractivity contribution in [2.24, 2.45) is 14.1 Å². The third-order valence-corrected chi connectivity index (χ3v) is 6.95. The molecule has 1 aromatic heterocycles. The number of aromatic nitrogens is 2. The molecule has 0 saturated carbocycles. The molecule has 160 valence electrons. The van der Waals surface area contributed by atoms with E-state index < -0.39 is 10.0 Å². The number of hydrogen-bond acceptors (Lipinski definition) is 5. The van der Waals surface area contributed by atoms with Gasteiger partial charge in [0.2, 0.25) is 10.0 Å². The number of morpholine rings is 1. The molecule has 3 aromatic rings. The summed E-state index contributed by atoms with van der Waals surface area (Å²) in [7, 11) is -0.425. The van der Waals surface area contributed by atoms with Gasteiger partial charge in [0.05, 0.1) is 28.6 Å². The molecule has 2 aromatic carbocycles. The van der Waals surface area contributed by atoms with Gasteiger partial charge < -0.3 is 4.74 Å². The van der Waals surface area contributed by atoms with Gasteiger partial charge in [-0.3, -0.25) is 14.0 Å². The van der Waals surface area contributed by atoms with Crippen LogP contribution >= 0.6 is 0 Å². The van der Waals surface area contributed by atoms with E-state index in [1.165, 1.54) is 26.8 Å². The van der Waals surface area contributed by atoms with Crippen LogP contribution in [0.25, 0.3) is 11.0 Å². The van der Waals surface area contributed by atoms with Gasteiger partial charge in [-0.05, 0) is 23.8 Å². The lowest BCUT2D eigenvalue weighted by Gasteiger charge is -2.33. The number of nitrogens with one attached hydrogen (secondary N) is 1. The third kappa shape index (κ3) is 4.20. The minimum Gasteiger partial charge on any atom is -0.374 e. The highest BCUT2D eigenvalue weighted by atomic mass is 32.2. The fraction of sp³-hybridized carbons (Fsp3) is 0.381. The molecule has 1 saturated heterocycles. The summed E-state index contributed by atoms with van der Waals surface area (Å²) in [5.41, 5.74) is 2.30. The van der Waals surface area contributed by atoms with E-state index in [-0.39, 0.29) is 23.2 Å². The van der Waals surface area contributed by atoms with Crippen LogP contribution in [0.1, 0.15) is 5.56 Å². The molecule has 9 heteroatoms. The van der Waals surface area contributed by atoms with Crippen molar-refractivity contribution >= 4 is 21.1 Å². The molecular weight excluding hydrogens is 404 g/mol. The lowest BCUT2D eigenvalue weighted by molar-refractivity contribution is -0.0276. The molecule has 1 aliphatic rings. The van der Waals surface area contributed by atoms with Gasteiger partial charge in [-0.25, -0.2) is 17.9 Å². The molecule has 0 spiro atoms. The standard InChI is InChI=1S/C21H26N4O4S/c1-23-19-9-8-18(12-20(19)24(2)21(23)26)30(27,28)22-13-17-15-25(10-11-29-17)14-16-6-4-3-5-7-16/h3-9,12,17,22H,10-11,13-15H2,1-2H3. The number of aryl methyl sites for hydroxylation is 2. The van der Waals surface area contributed by atoms with Crippen LogP contribution in [0.3, 0.4) is 0 Å². The summed E-state index contributed by atoms with van der Waals surface area (Å²) in [5, 5.41) is 0. The fourth-order valence-corrected chi connectivity index (χ4v) is 4.91. The van der Waals surface area contributed by atoms with Crippen LogP contribution in [0.2, 0.25) is 0 Å². The van der Waals surface area contributed by atoms with Gasteiger partial charge in [0, 0.05) is 40.3 Å². The van der Waals surface area contributed by atoms with Crippen molar-refractivity contribution < 1.29 is 13.2 Å². The van der Waals surface area contributed by atoms with E-state index in [0.29, 0.717) is 24.2 Å². The summed E-state index contributed by atoms with van der Waals surface area (Å²) in [4.78, 5) is 14.5. The second-order valence-electron chi connectivity index (χ2n) is 7.62. The van der Waals surface area contributed by atoms with Crippen LogP contribution in [0.15, 0.2) is 58.2 Å². The van der Waals surface area contributed by atoms with Crippen LogP contribution in [-0.4, -0.2) is 54.8 Å². The van der Waals surface area contributed by atoms with Crippen molar-refractivity contribution in [3.8, 4) is 0 Å². The SMILES string of the molecule is Cn1c(=O)n(C)c2cc(S(=O)(=O)NCC3CN(Cc4ccccc4)CCO3)ccc21. The Balaban J connectivity index is 1.43. The van der Waals surface area contributed by atoms with E-state index in [1.807, 2.05) is 18.2 Å². The van der Waals surface area contributed by atoms with Crippen LogP contribution in [0.4, 0.5) is 0 Å². The average molecular weight is 431 g/mol. The topological polar surface area (TPSA) is 85.6 Å². The van der Waals surface area contributed by atoms with Gasteiger partial charge in [-0.2, -0.15) is 0 Å². The Morgan fingerprint density at radius 2 is 1.80 bits per heavy atom. The first kappa shape index (κ1) is 20.8. The molecule has 2 heterocycles. The molecule has 30 heavy (non-hydrogen) atoms. The average Bonchev–Trinajstić information content (AvgIpc) is 2.97. The van der Waals surface area contributed by atoms with Crippen LogP contribution < -0.4 is 10.4 Å². The summed E-state index contributed by atoms with van der Waals surface area (Å²) < 4.78 is 37.0. The number of hydrogen-bond donors (Lipinski definition) is 1. The Kier molecular flexibility index (Phi) is 5.79. The zero-order chi connectivity index (χ0) is 21.3. The number of benzene rings is 2. The lowest BCUT2D eigenvalue weighted by atomic mass is 10.2. The summed E-state index contributed by atoms with van der Waals surface area (Å²) in [6.07, 6.45) is -0.220. The largest absolute Gasteiger partial charge is 0.374 e. The predicted octanol–water partition coefficient (Wildman–Crippen LogP) is 1.06. The second kappa shape index (κ2) is 8.35. The molecule has 8 nitrogen and oxygen atoms in total. The Hall–Kier alpha value is -2.46. The Labute approximate surface area is 175 Å². The molecule has 1 fully saturated rings. The summed E-state index contributed by atoms with van der Waals surface area (Å²) in [6, 6.07) is 14.9. The first-order chi connectivity index (χ1) is 14.3. The fourth-order valence-electron chi connectivity index (χ4n) is 3.83. The van der Waals surface area contributed by atoms with E-state index in [0.717, 1.165) is 13.1 Å². The molecule has 1 unspecified atom stereocenters. The third-order valence-electron chi connectivity index (χ3n) is 5.53. The van der Waals surface area contributed by atoms with Crippen LogP contribution in [0.5, 0.6) is 0 Å². The van der Waals surface area contributed by atoms with Gasteiger partial charge in [-0.1, -0.05) is 30.3 Å². The maximum Gasteiger partial charge on any atom is 0.328 e. The molecular formula is C21H26N4O4S. The first-order valence-corrected chi connectivity index (χ1v) is 11.4. The van der Waals surface area contributed by atoms with Crippen molar-refractivity contribution in [2.45, 2.75) is 17.5 Å². The highest BCUT2D eigenvalue weighted by molar-refractivity contribution is 7.89. The smallest absolute Gasteiger partial charge is 0.328 e. The minimum absolute atomic E-state index is 0.133. The Bertz CT molecular complexity index is 1200. The van der Waals surface area contributed by atoms with Crippen molar-refractivity contribution in [3.63, 3.8) is 0 Å². The highest BCUT2D eigenvalue weighted by Gasteiger charge is 2.24. The zero-order valence-electron chi connectivity index (χ0n) is 17.1. The molecule has 1 aliphatic heterocycles. The quantitative estimate of drug-likeness (QED) is 0.632. The van der Waals surface area contributed by atoms with Crippen LogP contribution in [-0.2, 0) is 35.4 Å². The zero-order valence-corrected chi connectivity index (χ0v) is 17.9. The summed E-state index contributed by atoms with van der Waals surface area (Å²) >= 11 is 0. The maximum absolute atomic E-state index is 12.8. The maximum atomic E-state index is 12.8. The molecule has 0 amide bonds. The monoisotopic (exact) mass is 430 g/mol. The van der Waals surface area contributed by atoms with Crippen molar-refractivity contribution in [2.75, 3.05) is 26.2 Å². The molecule has 0 aliphatic carbocycles. The van der Waals surface area contributed by atoms with Gasteiger partial charge in [-0.15, -0.1) is 0 Å². The van der Waals surface area contributed by atoms with E-state index in [4.69, 9.17) is 4.74 Å². The number of nitrogens with zero attached hydrogens (tertiary/aromatic N) is 3. The van der Waals surface area contributed by atoms with Crippen LogP contribution in [0, 0.1) is 0 Å². The van der Waals surface area contributed by atoms with Gasteiger partial charge in [0.15, 0.2) is 0 Å². The lowest BCUT2D eigenvalue weighted by Crippen LogP contribution is -2.47. The number of fused-ring (bicyclic) bond motifs is 1. The number of ether oxygens (including phenoxy) is 1. The predicted molar refractivity (Wildman–Crippen MR) is 115 cm³/mol. The highest BCUT2D eigenvalue weighted by Crippen LogP contribution is 2.18. The van der Waals surface area contributed by atoms with Crippen molar-refractivity contribution in [3.05, 3.63) is 64.6 Å². The number of rotatable bonds is 6. The van der Waals surface area contributed by atoms with Crippen molar-refractivity contribution in [1.29, 1.82) is 0 Å². The van der Waals surface area contributed by atoms with Crippen molar-refractivity contribution in [1.82, 2.24) is 18.8 Å². The molecule has 1 atom stereocenters. The van der Waals surface area contributed by atoms with Gasteiger partial charge >= 0.3 is 5.69 Å². The molecule has 0 radical (unpaired) electrons. The molecule has 0 bridgehead atoms. The van der Waals surface area contributed by atoms with Gasteiger partial charge in [0.1, 0.15) is 0 Å². The first-order valence-electron chi connectivity index (χ1n) is 9.88. The summed E-state index contributed by atoms with van der Waals surface area (Å²) in [6.45, 7) is 3.04. The number of imidazole rings is 1. The minimum atomic E-state index is -3.72. The summed E-state index contributed by atoms with van der Waals surface area (Å²) in [5.74, 6) is 0. The second-order valence-corrected chi connectivity index (χ2v) is 9.38. The van der Waals surface area contributed by atoms with Gasteiger partial charge in [0.25, 0.3) is 0 Å². The van der Waals surface area contributed by atoms with E-state index in [9.17, 15) is 13.2 Å². The molecule has 4 rings (SSSR count). The number of sulfonamides is 1. The Morgan fingerprint density at radius 1 is 1.07 bits per heavy atom.